The molecule has 2 atom stereocenters. The van der Waals surface area contributed by atoms with E-state index < -0.39 is 12.8 Å². The number of rotatable bonds is 6. The smallest absolute Gasteiger partial charge is 0.372 e. The van der Waals surface area contributed by atoms with Crippen molar-refractivity contribution < 1.29 is 17.9 Å². The number of hydrogen-bond acceptors (Lipinski definition) is 2. The van der Waals surface area contributed by atoms with E-state index >= 15 is 0 Å². The summed E-state index contributed by atoms with van der Waals surface area (Å²) in [5.41, 5.74) is 5.63. The Labute approximate surface area is 94.3 Å². The first kappa shape index (κ1) is 13.8. The molecule has 0 aromatic heterocycles. The maximum Gasteiger partial charge on any atom is 0.411 e. The zero-order valence-corrected chi connectivity index (χ0v) is 9.43. The summed E-state index contributed by atoms with van der Waals surface area (Å²) in [6.45, 7) is -0.223. The van der Waals surface area contributed by atoms with Crippen LogP contribution in [0.2, 0.25) is 0 Å². The van der Waals surface area contributed by atoms with Gasteiger partial charge in [-0.15, -0.1) is 0 Å². The summed E-state index contributed by atoms with van der Waals surface area (Å²) in [5, 5.41) is 0. The van der Waals surface area contributed by atoms with E-state index in [9.17, 15) is 13.2 Å². The van der Waals surface area contributed by atoms with E-state index in [0.717, 1.165) is 6.42 Å². The number of nitrogens with two attached hydrogens (primary N) is 1. The van der Waals surface area contributed by atoms with Crippen LogP contribution in [0.4, 0.5) is 13.2 Å². The van der Waals surface area contributed by atoms with E-state index in [1.807, 2.05) is 0 Å². The molecule has 2 unspecified atom stereocenters. The lowest BCUT2D eigenvalue weighted by Gasteiger charge is -2.17. The molecule has 1 fully saturated rings. The van der Waals surface area contributed by atoms with Crippen LogP contribution in [0.25, 0.3) is 0 Å². The Hall–Kier alpha value is -0.290. The van der Waals surface area contributed by atoms with Crippen molar-refractivity contribution >= 4 is 0 Å². The van der Waals surface area contributed by atoms with Crippen molar-refractivity contribution in [3.63, 3.8) is 0 Å². The molecule has 16 heavy (non-hydrogen) atoms. The lowest BCUT2D eigenvalue weighted by Crippen LogP contribution is -2.20. The van der Waals surface area contributed by atoms with Gasteiger partial charge >= 0.3 is 6.18 Å². The summed E-state index contributed by atoms with van der Waals surface area (Å²) < 4.78 is 39.8. The highest BCUT2D eigenvalue weighted by molar-refractivity contribution is 4.77. The third kappa shape index (κ3) is 5.16. The predicted molar refractivity (Wildman–Crippen MR) is 56.0 cm³/mol. The molecule has 1 saturated carbocycles. The van der Waals surface area contributed by atoms with E-state index in [1.54, 1.807) is 0 Å². The molecule has 0 bridgehead atoms. The van der Waals surface area contributed by atoms with Gasteiger partial charge in [0.05, 0.1) is 0 Å². The monoisotopic (exact) mass is 239 g/mol. The summed E-state index contributed by atoms with van der Waals surface area (Å²) in [6, 6.07) is 0. The third-order valence-electron chi connectivity index (χ3n) is 3.25. The fraction of sp³-hybridized carbons (Fsp3) is 1.00. The zero-order valence-electron chi connectivity index (χ0n) is 9.43. The normalized spacial score (nSPS) is 26.2. The van der Waals surface area contributed by atoms with Gasteiger partial charge in [-0.05, 0) is 37.6 Å². The van der Waals surface area contributed by atoms with Crippen molar-refractivity contribution in [3.05, 3.63) is 0 Å². The van der Waals surface area contributed by atoms with Gasteiger partial charge < -0.3 is 10.5 Å². The summed E-state index contributed by atoms with van der Waals surface area (Å²) in [5.74, 6) is 1.17. The number of halogens is 3. The molecule has 0 spiro atoms. The maximum absolute atomic E-state index is 11.8. The van der Waals surface area contributed by atoms with E-state index in [1.165, 1.54) is 19.3 Å². The van der Waals surface area contributed by atoms with Crippen molar-refractivity contribution in [1.29, 1.82) is 0 Å². The van der Waals surface area contributed by atoms with Crippen LogP contribution in [0.3, 0.4) is 0 Å². The summed E-state index contributed by atoms with van der Waals surface area (Å²) >= 11 is 0. The van der Waals surface area contributed by atoms with E-state index in [4.69, 9.17) is 5.73 Å². The second-order valence-corrected chi connectivity index (χ2v) is 4.50. The van der Waals surface area contributed by atoms with Gasteiger partial charge in [-0.1, -0.05) is 12.8 Å². The lowest BCUT2D eigenvalue weighted by molar-refractivity contribution is -0.174. The molecule has 2 N–H and O–H groups in total. The largest absolute Gasteiger partial charge is 0.411 e. The fourth-order valence-corrected chi connectivity index (χ4v) is 2.44. The highest BCUT2D eigenvalue weighted by Gasteiger charge is 2.28. The van der Waals surface area contributed by atoms with E-state index in [0.29, 0.717) is 24.8 Å². The average molecular weight is 239 g/mol. The molecule has 0 aliphatic heterocycles. The molecule has 96 valence electrons. The molecule has 5 heteroatoms. The Morgan fingerprint density at radius 3 is 2.50 bits per heavy atom. The van der Waals surface area contributed by atoms with Crippen LogP contribution in [0.15, 0.2) is 0 Å². The van der Waals surface area contributed by atoms with Crippen LogP contribution in [0.1, 0.15) is 32.1 Å². The molecule has 2 nitrogen and oxygen atoms in total. The zero-order chi connectivity index (χ0) is 12.0. The first-order chi connectivity index (χ1) is 7.53. The second kappa shape index (κ2) is 6.45. The molecular formula is C11H20F3NO. The Bertz CT molecular complexity index is 196. The topological polar surface area (TPSA) is 35.2 Å². The van der Waals surface area contributed by atoms with Crippen molar-refractivity contribution in [2.45, 2.75) is 38.3 Å². The molecule has 1 aliphatic rings. The third-order valence-corrected chi connectivity index (χ3v) is 3.25. The molecule has 0 radical (unpaired) electrons. The molecule has 0 amide bonds. The van der Waals surface area contributed by atoms with Crippen LogP contribution in [0, 0.1) is 11.8 Å². The molecule has 0 aromatic rings. The maximum atomic E-state index is 11.8. The Balaban J connectivity index is 2.03. The Morgan fingerprint density at radius 2 is 1.88 bits per heavy atom. The van der Waals surface area contributed by atoms with Crippen LogP contribution < -0.4 is 5.73 Å². The molecule has 1 aliphatic carbocycles. The van der Waals surface area contributed by atoms with Gasteiger partial charge in [-0.2, -0.15) is 13.2 Å². The minimum atomic E-state index is -4.20. The van der Waals surface area contributed by atoms with Crippen molar-refractivity contribution in [1.82, 2.24) is 0 Å². The highest BCUT2D eigenvalue weighted by Crippen LogP contribution is 2.34. The molecule has 0 saturated heterocycles. The summed E-state index contributed by atoms with van der Waals surface area (Å²) in [6.07, 6.45) is 0.992. The van der Waals surface area contributed by atoms with Gasteiger partial charge in [0, 0.05) is 6.61 Å². The molecule has 1 rings (SSSR count). The second-order valence-electron chi connectivity index (χ2n) is 4.50. The van der Waals surface area contributed by atoms with Gasteiger partial charge in [0.2, 0.25) is 0 Å². The number of ether oxygens (including phenoxy) is 1. The Morgan fingerprint density at radius 1 is 1.19 bits per heavy atom. The minimum absolute atomic E-state index is 0.202. The van der Waals surface area contributed by atoms with Gasteiger partial charge in [0.1, 0.15) is 6.61 Å². The summed E-state index contributed by atoms with van der Waals surface area (Å²) in [4.78, 5) is 0. The first-order valence-corrected chi connectivity index (χ1v) is 5.87. The van der Waals surface area contributed by atoms with Crippen LogP contribution in [-0.2, 0) is 4.74 Å². The lowest BCUT2D eigenvalue weighted by atomic mass is 9.92. The predicted octanol–water partition coefficient (Wildman–Crippen LogP) is 2.72. The van der Waals surface area contributed by atoms with Gasteiger partial charge in [-0.3, -0.25) is 0 Å². The van der Waals surface area contributed by atoms with Gasteiger partial charge in [0.25, 0.3) is 0 Å². The minimum Gasteiger partial charge on any atom is -0.372 e. The fourth-order valence-electron chi connectivity index (χ4n) is 2.44. The van der Waals surface area contributed by atoms with Crippen LogP contribution >= 0.6 is 0 Å². The van der Waals surface area contributed by atoms with Crippen LogP contribution in [-0.4, -0.2) is 25.9 Å². The quantitative estimate of drug-likeness (QED) is 0.723. The van der Waals surface area contributed by atoms with Crippen LogP contribution in [0.5, 0.6) is 0 Å². The molecular weight excluding hydrogens is 219 g/mol. The standard InChI is InChI=1S/C11H20F3NO/c12-11(13,14)8-16-6-2-5-9-3-1-4-10(9)7-15/h9-10H,1-8,15H2. The SMILES string of the molecule is NCC1CCCC1CCCOCC(F)(F)F. The van der Waals surface area contributed by atoms with Crippen molar-refractivity contribution in [2.75, 3.05) is 19.8 Å². The van der Waals surface area contributed by atoms with Gasteiger partial charge in [0.15, 0.2) is 0 Å². The average Bonchev–Trinajstić information content (AvgIpc) is 2.63. The van der Waals surface area contributed by atoms with E-state index in [-0.39, 0.29) is 6.61 Å². The molecule has 0 heterocycles. The van der Waals surface area contributed by atoms with E-state index in [2.05, 4.69) is 4.74 Å². The van der Waals surface area contributed by atoms with Gasteiger partial charge in [-0.25, -0.2) is 0 Å². The summed E-state index contributed by atoms with van der Waals surface area (Å²) in [7, 11) is 0. The van der Waals surface area contributed by atoms with Crippen molar-refractivity contribution in [2.24, 2.45) is 17.6 Å². The highest BCUT2D eigenvalue weighted by atomic mass is 19.4. The van der Waals surface area contributed by atoms with Crippen molar-refractivity contribution in [3.8, 4) is 0 Å². The molecule has 0 aromatic carbocycles. The first-order valence-electron chi connectivity index (χ1n) is 5.87. The Kier molecular flexibility index (Phi) is 5.55. The number of alkyl halides is 3. The number of hydrogen-bond donors (Lipinski definition) is 1.